The number of ether oxygens (including phenoxy) is 1. The number of fused-ring (bicyclic) bond motifs is 5. The molecule has 4 rings (SSSR count). The van der Waals surface area contributed by atoms with Crippen molar-refractivity contribution in [1.82, 2.24) is 4.98 Å². The number of amides is 2. The van der Waals surface area contributed by atoms with Crippen LogP contribution in [0.4, 0.5) is 5.13 Å². The highest BCUT2D eigenvalue weighted by atomic mass is 32.1. The molecule has 0 aliphatic carbocycles. The minimum absolute atomic E-state index is 0.135. The lowest BCUT2D eigenvalue weighted by Crippen LogP contribution is -2.48. The maximum atomic E-state index is 12.8. The first kappa shape index (κ1) is 11.5. The summed E-state index contributed by atoms with van der Waals surface area (Å²) in [6, 6.07) is 0. The van der Waals surface area contributed by atoms with Gasteiger partial charge < -0.3 is 4.74 Å². The Balaban J connectivity index is 1.90. The van der Waals surface area contributed by atoms with E-state index in [1.807, 2.05) is 13.8 Å². The normalized spacial score (nSPS) is 44.2. The first-order valence-corrected chi connectivity index (χ1v) is 7.33. The van der Waals surface area contributed by atoms with E-state index in [1.165, 1.54) is 16.2 Å². The van der Waals surface area contributed by atoms with E-state index >= 15 is 0 Å². The summed E-state index contributed by atoms with van der Waals surface area (Å²) in [5.41, 5.74) is -1.47. The number of hydrogen-bond donors (Lipinski definition) is 0. The van der Waals surface area contributed by atoms with E-state index in [1.54, 1.807) is 11.6 Å². The minimum Gasteiger partial charge on any atom is -0.373 e. The highest BCUT2D eigenvalue weighted by molar-refractivity contribution is 7.14. The molecule has 1 aromatic rings. The molecule has 2 bridgehead atoms. The third-order valence-corrected chi connectivity index (χ3v) is 6.05. The minimum atomic E-state index is -0.737. The Labute approximate surface area is 114 Å². The zero-order chi connectivity index (χ0) is 13.4. The number of imide groups is 1. The van der Waals surface area contributed by atoms with E-state index in [4.69, 9.17) is 4.74 Å². The van der Waals surface area contributed by atoms with Crippen LogP contribution >= 0.6 is 11.3 Å². The summed E-state index contributed by atoms with van der Waals surface area (Å²) in [6.07, 6.45) is 3.07. The van der Waals surface area contributed by atoms with E-state index in [2.05, 4.69) is 4.98 Å². The van der Waals surface area contributed by atoms with E-state index in [0.717, 1.165) is 12.8 Å². The van der Waals surface area contributed by atoms with Gasteiger partial charge in [-0.25, -0.2) is 9.88 Å². The van der Waals surface area contributed by atoms with Crippen molar-refractivity contribution in [2.45, 2.75) is 38.9 Å². The molecule has 100 valence electrons. The van der Waals surface area contributed by atoms with E-state index in [9.17, 15) is 9.59 Å². The molecule has 19 heavy (non-hydrogen) atoms. The molecule has 0 N–H and O–H groups in total. The maximum absolute atomic E-state index is 12.8. The van der Waals surface area contributed by atoms with Crippen LogP contribution in [0, 0.1) is 10.8 Å². The van der Waals surface area contributed by atoms with Gasteiger partial charge in [-0.05, 0) is 26.7 Å². The lowest BCUT2D eigenvalue weighted by Gasteiger charge is -2.36. The Morgan fingerprint density at radius 2 is 1.84 bits per heavy atom. The second-order valence-electron chi connectivity index (χ2n) is 5.86. The van der Waals surface area contributed by atoms with E-state index in [0.29, 0.717) is 5.13 Å². The SMILES string of the molecule is C[C@@]12C(=O)N(c3nccs3)C(=O)[C@]1(C)[C@@H]1CC[C@@H]2O1. The number of carbonyl (C=O) groups is 2. The molecule has 0 spiro atoms. The van der Waals surface area contributed by atoms with Crippen LogP contribution in [0.5, 0.6) is 0 Å². The fourth-order valence-electron chi connectivity index (χ4n) is 3.93. The zero-order valence-corrected chi connectivity index (χ0v) is 11.6. The van der Waals surface area contributed by atoms with Gasteiger partial charge in [0.15, 0.2) is 5.13 Å². The molecule has 4 atom stereocenters. The van der Waals surface area contributed by atoms with Gasteiger partial charge in [0.2, 0.25) is 11.8 Å². The predicted molar refractivity (Wildman–Crippen MR) is 68.7 cm³/mol. The standard InChI is InChI=1S/C13H14N2O3S/c1-12-7-3-4-8(18-7)13(12,2)10(17)15(9(12)16)11-14-5-6-19-11/h5-8H,3-4H2,1-2H3/t7-,8-,12-,13+/m0/s1. The van der Waals surface area contributed by atoms with Gasteiger partial charge in [0.05, 0.1) is 23.0 Å². The Bertz CT molecular complexity index is 553. The van der Waals surface area contributed by atoms with Gasteiger partial charge in [-0.1, -0.05) is 0 Å². The number of thiazole rings is 1. The molecule has 0 radical (unpaired) electrons. The highest BCUT2D eigenvalue weighted by Crippen LogP contribution is 2.64. The maximum Gasteiger partial charge on any atom is 0.245 e. The molecule has 2 amide bonds. The molecule has 0 aromatic carbocycles. The van der Waals surface area contributed by atoms with Crippen molar-refractivity contribution >= 4 is 28.3 Å². The summed E-state index contributed by atoms with van der Waals surface area (Å²) in [5.74, 6) is -0.302. The van der Waals surface area contributed by atoms with Crippen molar-refractivity contribution in [3.63, 3.8) is 0 Å². The van der Waals surface area contributed by atoms with Crippen LogP contribution in [0.25, 0.3) is 0 Å². The Kier molecular flexibility index (Phi) is 1.97. The number of rotatable bonds is 1. The van der Waals surface area contributed by atoms with Gasteiger partial charge in [0, 0.05) is 11.6 Å². The van der Waals surface area contributed by atoms with Gasteiger partial charge in [0.25, 0.3) is 0 Å². The third kappa shape index (κ3) is 1.02. The topological polar surface area (TPSA) is 59.5 Å². The number of carbonyl (C=O) groups excluding carboxylic acids is 2. The molecule has 3 aliphatic rings. The smallest absolute Gasteiger partial charge is 0.245 e. The van der Waals surface area contributed by atoms with Gasteiger partial charge >= 0.3 is 0 Å². The van der Waals surface area contributed by atoms with Crippen LogP contribution < -0.4 is 4.90 Å². The van der Waals surface area contributed by atoms with E-state index in [-0.39, 0.29) is 24.0 Å². The zero-order valence-electron chi connectivity index (χ0n) is 10.8. The lowest BCUT2D eigenvalue weighted by atomic mass is 9.59. The number of hydrogen-bond acceptors (Lipinski definition) is 5. The Morgan fingerprint density at radius 1 is 1.26 bits per heavy atom. The fraction of sp³-hybridized carbons (Fsp3) is 0.615. The monoisotopic (exact) mass is 278 g/mol. The summed E-state index contributed by atoms with van der Waals surface area (Å²) in [4.78, 5) is 31.0. The molecule has 0 unspecified atom stereocenters. The number of anilines is 1. The van der Waals surface area contributed by atoms with Crippen LogP contribution in [-0.2, 0) is 14.3 Å². The quantitative estimate of drug-likeness (QED) is 0.732. The Hall–Kier alpha value is -1.27. The average molecular weight is 278 g/mol. The van der Waals surface area contributed by atoms with Crippen LogP contribution in [0.3, 0.4) is 0 Å². The molecule has 3 fully saturated rings. The molecular formula is C13H14N2O3S. The Morgan fingerprint density at radius 3 is 2.32 bits per heavy atom. The van der Waals surface area contributed by atoms with Crippen molar-refractivity contribution in [2.75, 3.05) is 4.90 Å². The molecule has 4 heterocycles. The first-order valence-electron chi connectivity index (χ1n) is 6.45. The molecule has 6 heteroatoms. The van der Waals surface area contributed by atoms with Crippen LogP contribution in [0.1, 0.15) is 26.7 Å². The number of nitrogens with zero attached hydrogens (tertiary/aromatic N) is 2. The molecule has 0 saturated carbocycles. The van der Waals surface area contributed by atoms with Gasteiger partial charge in [-0.3, -0.25) is 9.59 Å². The van der Waals surface area contributed by atoms with E-state index < -0.39 is 10.8 Å². The third-order valence-electron chi connectivity index (χ3n) is 5.29. The van der Waals surface area contributed by atoms with Gasteiger partial charge in [-0.15, -0.1) is 11.3 Å². The lowest BCUT2D eigenvalue weighted by molar-refractivity contribution is -0.132. The predicted octanol–water partition coefficient (Wildman–Crippen LogP) is 1.59. The summed E-state index contributed by atoms with van der Waals surface area (Å²) in [6.45, 7) is 3.76. The largest absolute Gasteiger partial charge is 0.373 e. The van der Waals surface area contributed by atoms with Crippen molar-refractivity contribution in [3.05, 3.63) is 11.6 Å². The second kappa shape index (κ2) is 3.24. The van der Waals surface area contributed by atoms with Gasteiger partial charge in [-0.2, -0.15) is 0 Å². The van der Waals surface area contributed by atoms with Crippen molar-refractivity contribution in [2.24, 2.45) is 10.8 Å². The molecule has 3 aliphatic heterocycles. The van der Waals surface area contributed by atoms with Crippen LogP contribution in [0.15, 0.2) is 11.6 Å². The summed E-state index contributed by atoms with van der Waals surface area (Å²) < 4.78 is 5.87. The summed E-state index contributed by atoms with van der Waals surface area (Å²) in [5, 5.41) is 2.26. The molecular weight excluding hydrogens is 264 g/mol. The second-order valence-corrected chi connectivity index (χ2v) is 6.73. The van der Waals surface area contributed by atoms with Crippen LogP contribution in [0.2, 0.25) is 0 Å². The summed E-state index contributed by atoms with van der Waals surface area (Å²) in [7, 11) is 0. The summed E-state index contributed by atoms with van der Waals surface area (Å²) >= 11 is 1.32. The molecule has 3 saturated heterocycles. The highest BCUT2D eigenvalue weighted by Gasteiger charge is 2.77. The first-order chi connectivity index (χ1) is 9.01. The van der Waals surface area contributed by atoms with Crippen molar-refractivity contribution in [1.29, 1.82) is 0 Å². The number of aromatic nitrogens is 1. The molecule has 5 nitrogen and oxygen atoms in total. The van der Waals surface area contributed by atoms with Crippen molar-refractivity contribution in [3.8, 4) is 0 Å². The molecule has 1 aromatic heterocycles. The average Bonchev–Trinajstić information content (AvgIpc) is 3.11. The van der Waals surface area contributed by atoms with Gasteiger partial charge in [0.1, 0.15) is 0 Å². The van der Waals surface area contributed by atoms with Crippen molar-refractivity contribution < 1.29 is 14.3 Å². The van der Waals surface area contributed by atoms with Crippen LogP contribution in [-0.4, -0.2) is 29.0 Å². The fourth-order valence-corrected chi connectivity index (χ4v) is 4.57.